The van der Waals surface area contributed by atoms with Gasteiger partial charge in [0, 0.05) is 53.1 Å². The second-order valence-electron chi connectivity index (χ2n) is 28.0. The van der Waals surface area contributed by atoms with Crippen LogP contribution in [0.1, 0.15) is 159 Å². The van der Waals surface area contributed by atoms with Crippen molar-refractivity contribution in [2.75, 3.05) is 0 Å². The SMILES string of the molecule is Cc1ccccc1-c1cc(-c2ccc3c(c2)CC2(CCCC2)CC3)cc[n+]1C.Cc1ccccc1-c1cc(-c2ccc3c(c2)CC2(CCCCC2)CC3)cc[n+]1C.Cc1ccccc1-c1cc(-c2ccc3c(c2)CCC2(CCCCC2)C3)cc[n+]1C. The zero-order chi connectivity index (χ0) is 58.8. The van der Waals surface area contributed by atoms with Gasteiger partial charge in [0.2, 0.25) is 17.1 Å². The molecule has 3 aromatic heterocycles. The first-order valence-electron chi connectivity index (χ1n) is 33.4. The molecule has 0 bridgehead atoms. The van der Waals surface area contributed by atoms with Crippen molar-refractivity contribution in [1.29, 1.82) is 0 Å². The van der Waals surface area contributed by atoms with Gasteiger partial charge in [-0.2, -0.15) is 0 Å². The van der Waals surface area contributed by atoms with Crippen molar-refractivity contribution in [3.05, 3.63) is 232 Å². The highest BCUT2D eigenvalue weighted by molar-refractivity contribution is 5.74. The van der Waals surface area contributed by atoms with E-state index in [0.717, 1.165) is 0 Å². The summed E-state index contributed by atoms with van der Waals surface area (Å²) < 4.78 is 6.70. The zero-order valence-electron chi connectivity index (χ0n) is 52.9. The molecule has 6 aliphatic carbocycles. The van der Waals surface area contributed by atoms with Crippen molar-refractivity contribution in [3.63, 3.8) is 0 Å². The number of hydrogen-bond acceptors (Lipinski definition) is 0. The molecule has 3 spiro atoms. The Kier molecular flexibility index (Phi) is 16.7. The first-order chi connectivity index (χ1) is 41.9. The van der Waals surface area contributed by atoms with Gasteiger partial charge < -0.3 is 0 Å². The number of rotatable bonds is 6. The van der Waals surface area contributed by atoms with Crippen molar-refractivity contribution in [2.24, 2.45) is 37.4 Å². The summed E-state index contributed by atoms with van der Waals surface area (Å²) >= 11 is 0. The predicted octanol–water partition coefficient (Wildman–Crippen LogP) is 19.4. The molecule has 3 saturated carbocycles. The van der Waals surface area contributed by atoms with Gasteiger partial charge in [0.1, 0.15) is 21.1 Å². The predicted molar refractivity (Wildman–Crippen MR) is 358 cm³/mol. The van der Waals surface area contributed by atoms with Gasteiger partial charge in [-0.3, -0.25) is 0 Å². The fourth-order valence-corrected chi connectivity index (χ4v) is 17.0. The van der Waals surface area contributed by atoms with Crippen LogP contribution >= 0.6 is 0 Å². The van der Waals surface area contributed by atoms with Gasteiger partial charge in [-0.05, 0) is 235 Å². The third-order valence-corrected chi connectivity index (χ3v) is 22.3. The maximum Gasteiger partial charge on any atom is 0.213 e. The molecular weight excluding hydrogens is 1040 g/mol. The van der Waals surface area contributed by atoms with Crippen LogP contribution in [0, 0.1) is 37.0 Å². The van der Waals surface area contributed by atoms with Crippen LogP contribution in [-0.2, 0) is 59.7 Å². The van der Waals surface area contributed by atoms with Crippen LogP contribution in [0.25, 0.3) is 67.2 Å². The van der Waals surface area contributed by atoms with E-state index in [0.29, 0.717) is 16.2 Å². The van der Waals surface area contributed by atoms with Crippen LogP contribution in [-0.4, -0.2) is 0 Å². The summed E-state index contributed by atoms with van der Waals surface area (Å²) in [7, 11) is 6.43. The van der Waals surface area contributed by atoms with Crippen LogP contribution in [0.4, 0.5) is 0 Å². The quantitative estimate of drug-likeness (QED) is 0.147. The van der Waals surface area contributed by atoms with Gasteiger partial charge in [0.25, 0.3) is 0 Å². The lowest BCUT2D eigenvalue weighted by molar-refractivity contribution is -0.660. The highest BCUT2D eigenvalue weighted by Gasteiger charge is 2.39. The molecule has 6 aliphatic rings. The summed E-state index contributed by atoms with van der Waals surface area (Å²) in [6.45, 7) is 6.59. The van der Waals surface area contributed by atoms with Gasteiger partial charge in [-0.15, -0.1) is 0 Å². The molecule has 6 aromatic carbocycles. The van der Waals surface area contributed by atoms with Crippen LogP contribution in [0.15, 0.2) is 182 Å². The Morgan fingerprint density at radius 1 is 0.267 bits per heavy atom. The number of fused-ring (bicyclic) bond motifs is 3. The monoisotopic (exact) mass is 1130 g/mol. The van der Waals surface area contributed by atoms with Crippen molar-refractivity contribution in [3.8, 4) is 67.2 Å². The number of hydrogen-bond donors (Lipinski definition) is 0. The molecule has 15 rings (SSSR count). The van der Waals surface area contributed by atoms with E-state index in [1.54, 1.807) is 33.4 Å². The van der Waals surface area contributed by atoms with Gasteiger partial charge >= 0.3 is 0 Å². The number of nitrogens with zero attached hydrogens (tertiary/aromatic N) is 3. The minimum Gasteiger partial charge on any atom is -0.201 e. The van der Waals surface area contributed by atoms with E-state index in [-0.39, 0.29) is 0 Å². The van der Waals surface area contributed by atoms with Crippen LogP contribution < -0.4 is 13.7 Å². The summed E-state index contributed by atoms with van der Waals surface area (Å²) in [6, 6.07) is 61.6. The Bertz CT molecular complexity index is 3910. The van der Waals surface area contributed by atoms with E-state index in [1.165, 1.54) is 232 Å². The number of pyridine rings is 3. The Balaban J connectivity index is 0.000000120. The molecule has 0 aliphatic heterocycles. The summed E-state index contributed by atoms with van der Waals surface area (Å²) in [5, 5.41) is 0. The smallest absolute Gasteiger partial charge is 0.201 e. The minimum atomic E-state index is 0.597. The van der Waals surface area contributed by atoms with Crippen molar-refractivity contribution in [1.82, 2.24) is 0 Å². The van der Waals surface area contributed by atoms with Crippen LogP contribution in [0.3, 0.4) is 0 Å². The topological polar surface area (TPSA) is 11.6 Å². The average molecular weight is 1130 g/mol. The van der Waals surface area contributed by atoms with Crippen molar-refractivity contribution in [2.45, 2.75) is 168 Å². The standard InChI is InChI=1S/2C28H32N.C27H30N/c1-21-8-4-5-9-26(21)27-19-24(13-17-29(27)2)22-10-11-25-20-28(14-6-3-7-15-28)16-12-23(25)18-22;1-21-8-4-5-9-26(21)27-19-24(13-17-29(27)2)23-11-10-22-12-16-28(20-25(22)18-23)14-6-3-7-15-28;1-20-7-3-4-8-25(20)26-18-23(12-16-28(26)2)22-10-9-21-11-15-27(13-5-6-14-27)19-24(21)17-22/h2*4-5,8-11,13,17-19H,3,6-7,12,14-16,20H2,1-2H3;3-4,7-10,12,16-18H,5-6,11,13-15,19H2,1-2H3/q3*+1. The van der Waals surface area contributed by atoms with Gasteiger partial charge in [-0.25, -0.2) is 13.7 Å². The lowest BCUT2D eigenvalue weighted by atomic mass is 9.64. The van der Waals surface area contributed by atoms with Gasteiger partial charge in [-0.1, -0.05) is 161 Å². The third-order valence-electron chi connectivity index (χ3n) is 22.3. The van der Waals surface area contributed by atoms with Crippen molar-refractivity contribution < 1.29 is 13.7 Å². The second-order valence-corrected chi connectivity index (χ2v) is 28.0. The molecule has 0 saturated heterocycles. The molecule has 9 aromatic rings. The van der Waals surface area contributed by atoms with Gasteiger partial charge in [0.15, 0.2) is 18.6 Å². The lowest BCUT2D eigenvalue weighted by Crippen LogP contribution is -2.31. The summed E-state index contributed by atoms with van der Waals surface area (Å²) in [5.41, 5.74) is 31.2. The molecule has 0 amide bonds. The molecule has 86 heavy (non-hydrogen) atoms. The number of aryl methyl sites for hydroxylation is 9. The second kappa shape index (κ2) is 24.9. The number of aromatic nitrogens is 3. The van der Waals surface area contributed by atoms with E-state index in [2.05, 4.69) is 238 Å². The number of benzene rings is 6. The molecule has 3 heterocycles. The summed E-state index contributed by atoms with van der Waals surface area (Å²) in [4.78, 5) is 0. The van der Waals surface area contributed by atoms with E-state index >= 15 is 0 Å². The molecule has 3 heteroatoms. The Hall–Kier alpha value is -7.23. The maximum absolute atomic E-state index is 2.50. The van der Waals surface area contributed by atoms with Gasteiger partial charge in [0.05, 0.1) is 0 Å². The van der Waals surface area contributed by atoms with Crippen LogP contribution in [0.5, 0.6) is 0 Å². The molecule has 3 nitrogen and oxygen atoms in total. The lowest BCUT2D eigenvalue weighted by Gasteiger charge is -2.41. The van der Waals surface area contributed by atoms with E-state index < -0.39 is 0 Å². The maximum atomic E-state index is 2.50. The largest absolute Gasteiger partial charge is 0.213 e. The van der Waals surface area contributed by atoms with Crippen LogP contribution in [0.2, 0.25) is 0 Å². The van der Waals surface area contributed by atoms with E-state index in [9.17, 15) is 0 Å². The average Bonchev–Trinajstić information content (AvgIpc) is 2.49. The molecule has 0 unspecified atom stereocenters. The molecule has 3 fully saturated rings. The van der Waals surface area contributed by atoms with E-state index in [4.69, 9.17) is 0 Å². The van der Waals surface area contributed by atoms with Crippen molar-refractivity contribution >= 4 is 0 Å². The molecular formula is C83H94N3+3. The highest BCUT2D eigenvalue weighted by Crippen LogP contribution is 2.50. The fourth-order valence-electron chi connectivity index (χ4n) is 17.0. The molecule has 0 radical (unpaired) electrons. The normalized spacial score (nSPS) is 17.8. The third kappa shape index (κ3) is 12.2. The fraction of sp³-hybridized carbons (Fsp3) is 0.386. The molecule has 0 atom stereocenters. The Morgan fingerprint density at radius 3 is 0.919 bits per heavy atom. The summed E-state index contributed by atoms with van der Waals surface area (Å²) in [5.74, 6) is 0. The summed E-state index contributed by atoms with van der Waals surface area (Å²) in [6.07, 6.45) is 38.7. The highest BCUT2D eigenvalue weighted by atomic mass is 14.9. The Labute approximate surface area is 516 Å². The Morgan fingerprint density at radius 2 is 0.558 bits per heavy atom. The zero-order valence-corrected chi connectivity index (χ0v) is 52.9. The molecule has 438 valence electrons. The molecule has 0 N–H and O–H groups in total. The van der Waals surface area contributed by atoms with E-state index in [1.807, 2.05) is 0 Å². The minimum absolute atomic E-state index is 0.597. The first kappa shape index (κ1) is 57.8. The first-order valence-corrected chi connectivity index (χ1v) is 33.4.